The molecule has 2 rings (SSSR count). The predicted octanol–water partition coefficient (Wildman–Crippen LogP) is 2.50. The van der Waals surface area contributed by atoms with E-state index in [0.717, 1.165) is 12.8 Å². The number of carbonyl (C=O) groups excluding carboxylic acids is 2. The van der Waals surface area contributed by atoms with Crippen LogP contribution in [0.1, 0.15) is 39.5 Å². The zero-order valence-electron chi connectivity index (χ0n) is 11.5. The van der Waals surface area contributed by atoms with Crippen LogP contribution in [0.2, 0.25) is 0 Å². The van der Waals surface area contributed by atoms with Gasteiger partial charge in [0, 0.05) is 18.3 Å². The molecule has 1 saturated heterocycles. The van der Waals surface area contributed by atoms with Gasteiger partial charge in [0.1, 0.15) is 6.10 Å². The molecule has 1 unspecified atom stereocenters. The summed E-state index contributed by atoms with van der Waals surface area (Å²) in [5, 5.41) is 0. The number of ether oxygens (including phenoxy) is 1. The molecule has 1 aliphatic carbocycles. The lowest BCUT2D eigenvalue weighted by Crippen LogP contribution is -2.13. The molecular formula is C16H20O3. The number of rotatable bonds is 4. The van der Waals surface area contributed by atoms with E-state index in [2.05, 4.69) is 11.8 Å². The van der Waals surface area contributed by atoms with Gasteiger partial charge in [-0.05, 0) is 31.8 Å². The number of allylic oxidation sites excluding steroid dienone is 2. The lowest BCUT2D eigenvalue weighted by Gasteiger charge is -2.11. The van der Waals surface area contributed by atoms with E-state index in [1.807, 2.05) is 13.0 Å². The average molecular weight is 260 g/mol. The molecule has 1 heterocycles. The Morgan fingerprint density at radius 3 is 3.05 bits per heavy atom. The third kappa shape index (κ3) is 3.26. The highest BCUT2D eigenvalue weighted by Gasteiger charge is 2.43. The van der Waals surface area contributed by atoms with E-state index in [1.54, 1.807) is 13.0 Å². The number of esters is 1. The lowest BCUT2D eigenvalue weighted by molar-refractivity contribution is -0.141. The molecule has 0 N–H and O–H groups in total. The maximum Gasteiger partial charge on any atom is 0.306 e. The molecule has 0 amide bonds. The second-order valence-corrected chi connectivity index (χ2v) is 5.43. The van der Waals surface area contributed by atoms with Crippen molar-refractivity contribution >= 4 is 11.8 Å². The van der Waals surface area contributed by atoms with E-state index in [4.69, 9.17) is 4.74 Å². The second-order valence-electron chi connectivity index (χ2n) is 5.43. The van der Waals surface area contributed by atoms with Crippen LogP contribution in [0.4, 0.5) is 0 Å². The van der Waals surface area contributed by atoms with Crippen molar-refractivity contribution in [3.8, 4) is 11.8 Å². The Kier molecular flexibility index (Phi) is 4.42. The third-order valence-corrected chi connectivity index (χ3v) is 4.08. The Hall–Kier alpha value is -1.56. The third-order valence-electron chi connectivity index (χ3n) is 4.08. The van der Waals surface area contributed by atoms with Crippen LogP contribution in [0.25, 0.3) is 0 Å². The van der Waals surface area contributed by atoms with Crippen LogP contribution in [-0.2, 0) is 14.3 Å². The Morgan fingerprint density at radius 1 is 1.53 bits per heavy atom. The quantitative estimate of drug-likeness (QED) is 0.443. The molecule has 0 bridgehead atoms. The van der Waals surface area contributed by atoms with Gasteiger partial charge in [-0.15, -0.1) is 11.8 Å². The molecule has 102 valence electrons. The standard InChI is InChI=1S/C16H20O3/c1-3-4-5-11(2)14(17)8-6-12-7-9-15-13(12)10-16(18)19-15/h6,8,11-13,15H,5,7,9-10H2,1-2H3/b8-6+/t11?,12-,13+,15-/m0/s1. The van der Waals surface area contributed by atoms with Crippen LogP contribution < -0.4 is 0 Å². The normalized spacial score (nSPS) is 30.6. The lowest BCUT2D eigenvalue weighted by atomic mass is 9.92. The molecule has 1 saturated carbocycles. The minimum atomic E-state index is -0.0917. The van der Waals surface area contributed by atoms with Crippen molar-refractivity contribution in [2.45, 2.75) is 45.6 Å². The largest absolute Gasteiger partial charge is 0.462 e. The summed E-state index contributed by atoms with van der Waals surface area (Å²) < 4.78 is 5.25. The Morgan fingerprint density at radius 2 is 2.32 bits per heavy atom. The van der Waals surface area contributed by atoms with Crippen molar-refractivity contribution in [3.63, 3.8) is 0 Å². The SMILES string of the molecule is CC#CCC(C)C(=O)/C=C/[C@H]1CC[C@@H]2OC(=O)C[C@@H]21. The first-order chi connectivity index (χ1) is 9.11. The molecule has 1 aliphatic heterocycles. The average Bonchev–Trinajstić information content (AvgIpc) is 2.92. The van der Waals surface area contributed by atoms with Gasteiger partial charge in [0.25, 0.3) is 0 Å². The van der Waals surface area contributed by atoms with Gasteiger partial charge in [-0.2, -0.15) is 0 Å². The van der Waals surface area contributed by atoms with Crippen molar-refractivity contribution in [2.75, 3.05) is 0 Å². The summed E-state index contributed by atoms with van der Waals surface area (Å²) in [6.07, 6.45) is 6.79. The summed E-state index contributed by atoms with van der Waals surface area (Å²) in [6.45, 7) is 3.68. The summed E-state index contributed by atoms with van der Waals surface area (Å²) in [5.41, 5.74) is 0. The van der Waals surface area contributed by atoms with Crippen molar-refractivity contribution in [2.24, 2.45) is 17.8 Å². The Balaban J connectivity index is 1.89. The van der Waals surface area contributed by atoms with Gasteiger partial charge in [0.15, 0.2) is 5.78 Å². The predicted molar refractivity (Wildman–Crippen MR) is 72.1 cm³/mol. The summed E-state index contributed by atoms with van der Waals surface area (Å²) in [4.78, 5) is 23.1. The molecule has 0 aromatic rings. The van der Waals surface area contributed by atoms with Crippen molar-refractivity contribution < 1.29 is 14.3 Å². The van der Waals surface area contributed by atoms with Crippen molar-refractivity contribution in [3.05, 3.63) is 12.2 Å². The summed E-state index contributed by atoms with van der Waals surface area (Å²) >= 11 is 0. The summed E-state index contributed by atoms with van der Waals surface area (Å²) in [6, 6.07) is 0. The zero-order chi connectivity index (χ0) is 13.8. The van der Waals surface area contributed by atoms with Gasteiger partial charge in [-0.1, -0.05) is 13.0 Å². The van der Waals surface area contributed by atoms with Crippen molar-refractivity contribution in [1.82, 2.24) is 0 Å². The molecule has 3 heteroatoms. The molecule has 2 fully saturated rings. The Bertz CT molecular complexity index is 452. The number of hydrogen-bond acceptors (Lipinski definition) is 3. The highest BCUT2D eigenvalue weighted by molar-refractivity contribution is 5.91. The molecule has 0 radical (unpaired) electrons. The fourth-order valence-electron chi connectivity index (χ4n) is 2.88. The van der Waals surface area contributed by atoms with Crippen LogP contribution in [0.3, 0.4) is 0 Å². The Labute approximate surface area is 114 Å². The maximum absolute atomic E-state index is 11.9. The van der Waals surface area contributed by atoms with Gasteiger partial charge >= 0.3 is 5.97 Å². The first-order valence-electron chi connectivity index (χ1n) is 6.93. The molecule has 19 heavy (non-hydrogen) atoms. The molecule has 4 atom stereocenters. The van der Waals surface area contributed by atoms with E-state index < -0.39 is 0 Å². The molecule has 0 aromatic heterocycles. The fraction of sp³-hybridized carbons (Fsp3) is 0.625. The van der Waals surface area contributed by atoms with Crippen molar-refractivity contribution in [1.29, 1.82) is 0 Å². The highest BCUT2D eigenvalue weighted by atomic mass is 16.5. The minimum Gasteiger partial charge on any atom is -0.462 e. The van der Waals surface area contributed by atoms with Gasteiger partial charge in [0.05, 0.1) is 6.42 Å². The smallest absolute Gasteiger partial charge is 0.306 e. The zero-order valence-corrected chi connectivity index (χ0v) is 11.5. The molecule has 2 aliphatic rings. The van der Waals surface area contributed by atoms with Gasteiger partial charge in [-0.3, -0.25) is 9.59 Å². The fourth-order valence-corrected chi connectivity index (χ4v) is 2.88. The monoisotopic (exact) mass is 260 g/mol. The molecule has 0 aromatic carbocycles. The molecular weight excluding hydrogens is 240 g/mol. The highest BCUT2D eigenvalue weighted by Crippen LogP contribution is 2.41. The van der Waals surface area contributed by atoms with Crippen LogP contribution >= 0.6 is 0 Å². The second kappa shape index (κ2) is 6.06. The number of carbonyl (C=O) groups is 2. The number of fused-ring (bicyclic) bond motifs is 1. The molecule has 0 spiro atoms. The summed E-state index contributed by atoms with van der Waals surface area (Å²) in [7, 11) is 0. The van der Waals surface area contributed by atoms with Crippen LogP contribution in [0, 0.1) is 29.6 Å². The van der Waals surface area contributed by atoms with Crippen LogP contribution in [0.5, 0.6) is 0 Å². The first kappa shape index (κ1) is 13.9. The van der Waals surface area contributed by atoms with Crippen LogP contribution in [0.15, 0.2) is 12.2 Å². The first-order valence-corrected chi connectivity index (χ1v) is 6.93. The van der Waals surface area contributed by atoms with E-state index in [9.17, 15) is 9.59 Å². The van der Waals surface area contributed by atoms with E-state index >= 15 is 0 Å². The number of hydrogen-bond donors (Lipinski definition) is 0. The van der Waals surface area contributed by atoms with E-state index in [1.165, 1.54) is 0 Å². The number of ketones is 1. The van der Waals surface area contributed by atoms with Gasteiger partial charge < -0.3 is 4.74 Å². The topological polar surface area (TPSA) is 43.4 Å². The van der Waals surface area contributed by atoms with E-state index in [0.29, 0.717) is 18.8 Å². The van der Waals surface area contributed by atoms with E-state index in [-0.39, 0.29) is 29.7 Å². The van der Waals surface area contributed by atoms with Gasteiger partial charge in [-0.25, -0.2) is 0 Å². The van der Waals surface area contributed by atoms with Crippen LogP contribution in [-0.4, -0.2) is 17.9 Å². The summed E-state index contributed by atoms with van der Waals surface area (Å²) in [5.74, 6) is 6.30. The minimum absolute atomic E-state index is 0.0534. The molecule has 3 nitrogen and oxygen atoms in total. The van der Waals surface area contributed by atoms with Gasteiger partial charge in [0.2, 0.25) is 0 Å². The maximum atomic E-state index is 11.9.